The average molecular weight is 544 g/mol. The van der Waals surface area contributed by atoms with E-state index in [4.69, 9.17) is 27.2 Å². The van der Waals surface area contributed by atoms with Gasteiger partial charge in [-0.2, -0.15) is 4.94 Å². The minimum Gasteiger partial charge on any atom is -0.481 e. The number of carbonyl (C=O) groups is 2. The lowest BCUT2D eigenvalue weighted by Gasteiger charge is -2.26. The van der Waals surface area contributed by atoms with E-state index in [0.717, 1.165) is 38.5 Å². The zero-order valence-electron chi connectivity index (χ0n) is 23.8. The van der Waals surface area contributed by atoms with Gasteiger partial charge in [0.15, 0.2) is 0 Å². The van der Waals surface area contributed by atoms with Crippen molar-refractivity contribution >= 4 is 19.7 Å². The van der Waals surface area contributed by atoms with Crippen LogP contribution in [-0.2, 0) is 28.7 Å². The molecule has 0 aromatic carbocycles. The van der Waals surface area contributed by atoms with Gasteiger partial charge in [0.25, 0.3) is 0 Å². The van der Waals surface area contributed by atoms with Crippen molar-refractivity contribution in [2.24, 2.45) is 0 Å². The summed E-state index contributed by atoms with van der Waals surface area (Å²) in [5, 5.41) is 11.6. The number of aliphatic carboxylic acids is 1. The second kappa shape index (κ2) is 21.6. The molecule has 0 saturated carbocycles. The fourth-order valence-electron chi connectivity index (χ4n) is 4.75. The van der Waals surface area contributed by atoms with Crippen molar-refractivity contribution in [2.75, 3.05) is 13.2 Å². The first-order valence-electron chi connectivity index (χ1n) is 14.7. The van der Waals surface area contributed by atoms with Gasteiger partial charge < -0.3 is 24.6 Å². The Morgan fingerprint density at radius 3 is 1.92 bits per heavy atom. The highest BCUT2D eigenvalue weighted by Crippen LogP contribution is 2.27. The van der Waals surface area contributed by atoms with Crippen LogP contribution in [0.5, 0.6) is 0 Å². The Kier molecular flexibility index (Phi) is 19.8. The van der Waals surface area contributed by atoms with Crippen molar-refractivity contribution in [3.05, 3.63) is 0 Å². The molecule has 2 radical (unpaired) electrons. The Hall–Kier alpha value is -1.23. The summed E-state index contributed by atoms with van der Waals surface area (Å²) in [6, 6.07) is -0.765. The molecule has 1 rings (SSSR count). The number of halogens is 1. The number of hydrogen-bond acceptors (Lipinski definition) is 6. The molecule has 0 spiro atoms. The molecule has 1 amide bonds. The number of ether oxygens (including phenoxy) is 3. The largest absolute Gasteiger partial charge is 0.481 e. The summed E-state index contributed by atoms with van der Waals surface area (Å²) in [6.45, 7) is 5.81. The maximum atomic E-state index is 12.4. The Bertz CT molecular complexity index is 628. The zero-order chi connectivity index (χ0) is 28.2. The smallest absolute Gasteiger partial charge is 0.303 e. The topological polar surface area (TPSA) is 103 Å². The molecule has 1 fully saturated rings. The van der Waals surface area contributed by atoms with Crippen LogP contribution in [0.3, 0.4) is 0 Å². The van der Waals surface area contributed by atoms with Gasteiger partial charge in [-0.25, -0.2) is 0 Å². The second-order valence-corrected chi connectivity index (χ2v) is 10.8. The molecule has 5 atom stereocenters. The van der Waals surface area contributed by atoms with Crippen molar-refractivity contribution in [1.82, 2.24) is 5.32 Å². The van der Waals surface area contributed by atoms with E-state index in [2.05, 4.69) is 10.3 Å². The van der Waals surface area contributed by atoms with Crippen molar-refractivity contribution in [2.45, 2.75) is 154 Å². The molecule has 38 heavy (non-hydrogen) atoms. The van der Waals surface area contributed by atoms with Crippen LogP contribution >= 0.6 is 0 Å². The molecule has 1 heterocycles. The molecular weight excluding hydrogens is 492 g/mol. The molecule has 1 aliphatic rings. The van der Waals surface area contributed by atoms with Crippen LogP contribution < -0.4 is 5.32 Å². The van der Waals surface area contributed by atoms with Gasteiger partial charge >= 0.3 is 5.97 Å². The number of carboxylic acids is 1. The first kappa shape index (κ1) is 34.8. The maximum Gasteiger partial charge on any atom is 0.303 e. The molecule has 0 aromatic rings. The number of hydrogen-bond donors (Lipinski definition) is 2. The van der Waals surface area contributed by atoms with Gasteiger partial charge in [0.05, 0.1) is 6.10 Å². The Morgan fingerprint density at radius 2 is 1.42 bits per heavy atom. The monoisotopic (exact) mass is 543 g/mol. The summed E-state index contributed by atoms with van der Waals surface area (Å²) in [7, 11) is 6.02. The third-order valence-corrected chi connectivity index (χ3v) is 6.82. The van der Waals surface area contributed by atoms with E-state index in [1.165, 1.54) is 38.5 Å². The van der Waals surface area contributed by atoms with Gasteiger partial charge in [-0.3, -0.25) is 9.59 Å². The molecule has 5 unspecified atom stereocenters. The van der Waals surface area contributed by atoms with Crippen LogP contribution in [0.25, 0.3) is 0 Å². The summed E-state index contributed by atoms with van der Waals surface area (Å²) in [6.07, 6.45) is 13.1. The number of carboxylic acid groups (broad SMARTS) is 1. The molecule has 2 N–H and O–H groups in total. The van der Waals surface area contributed by atoms with E-state index in [9.17, 15) is 14.1 Å². The lowest BCUT2D eigenvalue weighted by Crippen LogP contribution is -2.41. The zero-order valence-corrected chi connectivity index (χ0v) is 23.8. The molecular formula is C28H51BFNO7. The van der Waals surface area contributed by atoms with Gasteiger partial charge in [-0.1, -0.05) is 64.2 Å². The Labute approximate surface area is 230 Å². The molecule has 8 nitrogen and oxygen atoms in total. The first-order chi connectivity index (χ1) is 18.2. The summed E-state index contributed by atoms with van der Waals surface area (Å²) in [5.74, 6) is -0.639. The fourth-order valence-corrected chi connectivity index (χ4v) is 4.75. The standard InChI is InChI=1S/C28H51BFNO7/c1-21(2)37-26-23(20-36-30)38-28(29)27(26)35-19-18-22(3)31-24(32)16-14-12-10-8-6-4-5-7-9-11-13-15-17-25(33)34/h21-23,26-28H,4-20H2,1-3H3,(H,31,32)(H,33,34). The van der Waals surface area contributed by atoms with Crippen LogP contribution in [0, 0.1) is 0 Å². The minimum atomic E-state index is -0.731. The van der Waals surface area contributed by atoms with Crippen LogP contribution in [0.1, 0.15) is 117 Å². The molecule has 220 valence electrons. The van der Waals surface area contributed by atoms with E-state index in [-0.39, 0.29) is 24.7 Å². The fraction of sp³-hybridized carbons (Fsp3) is 0.929. The van der Waals surface area contributed by atoms with Crippen molar-refractivity contribution in [3.8, 4) is 0 Å². The number of carbonyl (C=O) groups excluding carboxylic acids is 1. The number of amides is 1. The first-order valence-corrected chi connectivity index (χ1v) is 14.7. The van der Waals surface area contributed by atoms with E-state index >= 15 is 0 Å². The van der Waals surface area contributed by atoms with Gasteiger partial charge in [0, 0.05) is 31.5 Å². The number of nitrogens with one attached hydrogen (secondary N) is 1. The van der Waals surface area contributed by atoms with Gasteiger partial charge in [-0.15, -0.1) is 0 Å². The highest BCUT2D eigenvalue weighted by Gasteiger charge is 2.44. The Morgan fingerprint density at radius 1 is 0.895 bits per heavy atom. The maximum absolute atomic E-state index is 12.4. The highest BCUT2D eigenvalue weighted by molar-refractivity contribution is 6.11. The van der Waals surface area contributed by atoms with Crippen molar-refractivity contribution in [1.29, 1.82) is 0 Å². The van der Waals surface area contributed by atoms with E-state index < -0.39 is 30.3 Å². The van der Waals surface area contributed by atoms with Crippen LogP contribution in [0.2, 0.25) is 0 Å². The third kappa shape index (κ3) is 16.7. The number of unbranched alkanes of at least 4 members (excludes halogenated alkanes) is 11. The van der Waals surface area contributed by atoms with Gasteiger partial charge in [-0.05, 0) is 44.6 Å². The summed E-state index contributed by atoms with van der Waals surface area (Å²) >= 11 is 0. The van der Waals surface area contributed by atoms with Crippen LogP contribution in [0.4, 0.5) is 4.53 Å². The quantitative estimate of drug-likeness (QED) is 0.124. The molecule has 1 aliphatic heterocycles. The Balaban J connectivity index is 2.03. The SMILES string of the molecule is [B]C1OC(COF)C(OC(C)C)C1OCCC(C)NC(=O)CCCCCCCCCCCCCCC(=O)O. The summed E-state index contributed by atoms with van der Waals surface area (Å²) in [5.41, 5.74) is 0. The predicted molar refractivity (Wildman–Crippen MR) is 146 cm³/mol. The average Bonchev–Trinajstić information content (AvgIpc) is 3.12. The molecule has 0 aliphatic carbocycles. The van der Waals surface area contributed by atoms with Crippen molar-refractivity contribution < 1.29 is 38.4 Å². The molecule has 0 aromatic heterocycles. The second-order valence-electron chi connectivity index (χ2n) is 10.8. The highest BCUT2D eigenvalue weighted by atomic mass is 19.3. The van der Waals surface area contributed by atoms with Gasteiger partial charge in [0.2, 0.25) is 5.91 Å². The normalized spacial score (nSPS) is 22.1. The summed E-state index contributed by atoms with van der Waals surface area (Å²) in [4.78, 5) is 26.5. The van der Waals surface area contributed by atoms with Crippen molar-refractivity contribution in [3.63, 3.8) is 0 Å². The lowest BCUT2D eigenvalue weighted by molar-refractivity contribution is -0.178. The van der Waals surface area contributed by atoms with Crippen LogP contribution in [-0.4, -0.2) is 74.5 Å². The van der Waals surface area contributed by atoms with Crippen LogP contribution in [0.15, 0.2) is 0 Å². The summed E-state index contributed by atoms with van der Waals surface area (Å²) < 4.78 is 29.7. The molecule has 1 saturated heterocycles. The minimum absolute atomic E-state index is 0.0346. The van der Waals surface area contributed by atoms with E-state index in [1.807, 2.05) is 20.8 Å². The molecule has 10 heteroatoms. The van der Waals surface area contributed by atoms with Gasteiger partial charge in [0.1, 0.15) is 32.8 Å². The predicted octanol–water partition coefficient (Wildman–Crippen LogP) is 5.40. The molecule has 0 bridgehead atoms. The number of rotatable bonds is 24. The van der Waals surface area contributed by atoms with E-state index in [1.54, 1.807) is 0 Å². The lowest BCUT2D eigenvalue weighted by atomic mass is 9.92. The van der Waals surface area contributed by atoms with E-state index in [0.29, 0.717) is 25.9 Å². The third-order valence-electron chi connectivity index (χ3n) is 6.82.